The number of fused-ring (bicyclic) bond motifs is 3. The Morgan fingerprint density at radius 1 is 1.12 bits per heavy atom. The van der Waals surface area contributed by atoms with E-state index in [2.05, 4.69) is 9.71 Å². The van der Waals surface area contributed by atoms with Gasteiger partial charge in [0.2, 0.25) is 10.0 Å². The Hall–Kier alpha value is -1.66. The van der Waals surface area contributed by atoms with E-state index in [1.54, 1.807) is 6.20 Å². The molecule has 1 heterocycles. The van der Waals surface area contributed by atoms with Crippen molar-refractivity contribution in [1.29, 1.82) is 0 Å². The third-order valence-electron chi connectivity index (χ3n) is 5.91. The number of hydrogen-bond donors (Lipinski definition) is 1. The van der Waals surface area contributed by atoms with Crippen LogP contribution in [0.25, 0.3) is 11.3 Å². The molecule has 0 atom stereocenters. The summed E-state index contributed by atoms with van der Waals surface area (Å²) in [5, 5.41) is 0. The number of hydrogen-bond acceptors (Lipinski definition) is 4. The maximum atomic E-state index is 12.6. The third kappa shape index (κ3) is 3.80. The van der Waals surface area contributed by atoms with Gasteiger partial charge >= 0.3 is 0 Å². The van der Waals surface area contributed by atoms with E-state index in [1.807, 2.05) is 24.3 Å². The molecule has 5 nitrogen and oxygen atoms in total. The van der Waals surface area contributed by atoms with Crippen LogP contribution in [0.3, 0.4) is 0 Å². The average molecular weight is 360 g/mol. The highest BCUT2D eigenvalue weighted by molar-refractivity contribution is 7.89. The van der Waals surface area contributed by atoms with E-state index in [0.717, 1.165) is 36.3 Å². The third-order valence-corrected chi connectivity index (χ3v) is 7.49. The Kier molecular flexibility index (Phi) is 4.41. The Morgan fingerprint density at radius 3 is 2.40 bits per heavy atom. The molecule has 0 saturated heterocycles. The highest BCUT2D eigenvalue weighted by Gasteiger charge is 2.43. The zero-order valence-electron chi connectivity index (χ0n) is 14.3. The largest absolute Gasteiger partial charge is 0.444 e. The van der Waals surface area contributed by atoms with Crippen LogP contribution in [-0.2, 0) is 16.6 Å². The average Bonchev–Trinajstić information content (AvgIpc) is 3.16. The molecule has 2 bridgehead atoms. The van der Waals surface area contributed by atoms with Crippen molar-refractivity contribution >= 4 is 10.0 Å². The molecule has 1 aromatic carbocycles. The fourth-order valence-electron chi connectivity index (χ4n) is 4.35. The summed E-state index contributed by atoms with van der Waals surface area (Å²) in [5.41, 5.74) is 1.90. The van der Waals surface area contributed by atoms with Gasteiger partial charge in [0.05, 0.1) is 11.9 Å². The van der Waals surface area contributed by atoms with Crippen molar-refractivity contribution in [3.63, 3.8) is 0 Å². The van der Waals surface area contributed by atoms with Crippen molar-refractivity contribution in [1.82, 2.24) is 9.71 Å². The van der Waals surface area contributed by atoms with Gasteiger partial charge in [-0.15, -0.1) is 0 Å². The zero-order chi connectivity index (χ0) is 17.3. The van der Waals surface area contributed by atoms with Crippen LogP contribution in [0.2, 0.25) is 0 Å². The van der Waals surface area contributed by atoms with Crippen LogP contribution in [0.15, 0.2) is 41.3 Å². The van der Waals surface area contributed by atoms with Gasteiger partial charge in [-0.05, 0) is 55.4 Å². The number of nitrogens with zero attached hydrogens (tertiary/aromatic N) is 1. The lowest BCUT2D eigenvalue weighted by Crippen LogP contribution is -2.42. The SMILES string of the molecule is O=S(=O)(CC12CCC(CC1)CC2)NCc1ccc(-c2cnco2)cc1. The number of aromatic nitrogens is 1. The predicted molar refractivity (Wildman–Crippen MR) is 96.2 cm³/mol. The van der Waals surface area contributed by atoms with Gasteiger partial charge in [-0.25, -0.2) is 18.1 Å². The normalized spacial score (nSPS) is 26.0. The molecule has 2 aromatic rings. The minimum atomic E-state index is -3.26. The van der Waals surface area contributed by atoms with Gasteiger partial charge in [0.1, 0.15) is 0 Å². The van der Waals surface area contributed by atoms with Gasteiger partial charge in [0.15, 0.2) is 12.2 Å². The molecule has 0 unspecified atom stereocenters. The topological polar surface area (TPSA) is 72.2 Å². The highest BCUT2D eigenvalue weighted by atomic mass is 32.2. The van der Waals surface area contributed by atoms with Crippen LogP contribution in [0.4, 0.5) is 0 Å². The summed E-state index contributed by atoms with van der Waals surface area (Å²) in [6.45, 7) is 0.331. The molecule has 134 valence electrons. The van der Waals surface area contributed by atoms with Gasteiger partial charge in [0, 0.05) is 12.1 Å². The summed E-state index contributed by atoms with van der Waals surface area (Å²) >= 11 is 0. The lowest BCUT2D eigenvalue weighted by atomic mass is 9.62. The molecule has 25 heavy (non-hydrogen) atoms. The summed E-state index contributed by atoms with van der Waals surface area (Å²) in [6.07, 6.45) is 9.90. The van der Waals surface area contributed by atoms with Gasteiger partial charge in [0.25, 0.3) is 0 Å². The van der Waals surface area contributed by atoms with E-state index in [-0.39, 0.29) is 11.2 Å². The smallest absolute Gasteiger partial charge is 0.212 e. The van der Waals surface area contributed by atoms with E-state index in [0.29, 0.717) is 12.3 Å². The van der Waals surface area contributed by atoms with Gasteiger partial charge in [-0.1, -0.05) is 24.3 Å². The van der Waals surface area contributed by atoms with Crippen LogP contribution in [0.5, 0.6) is 0 Å². The second-order valence-electron chi connectivity index (χ2n) is 7.62. The molecular formula is C19H24N2O3S. The fourth-order valence-corrected chi connectivity index (χ4v) is 6.08. The van der Waals surface area contributed by atoms with Crippen LogP contribution in [-0.4, -0.2) is 19.2 Å². The molecule has 1 N–H and O–H groups in total. The summed E-state index contributed by atoms with van der Waals surface area (Å²) in [6, 6.07) is 7.69. The van der Waals surface area contributed by atoms with Gasteiger partial charge in [-0.3, -0.25) is 0 Å². The van der Waals surface area contributed by atoms with E-state index in [9.17, 15) is 8.42 Å². The Balaban J connectivity index is 1.37. The Morgan fingerprint density at radius 2 is 1.80 bits per heavy atom. The van der Waals surface area contributed by atoms with Crippen molar-refractivity contribution in [3.05, 3.63) is 42.4 Å². The first-order valence-corrected chi connectivity index (χ1v) is 10.6. The monoisotopic (exact) mass is 360 g/mol. The lowest BCUT2D eigenvalue weighted by Gasteiger charge is -2.46. The Labute approximate surface area is 148 Å². The number of benzene rings is 1. The van der Waals surface area contributed by atoms with Crippen molar-refractivity contribution < 1.29 is 12.8 Å². The molecular weight excluding hydrogens is 336 g/mol. The first kappa shape index (κ1) is 16.8. The molecule has 1 aromatic heterocycles. The van der Waals surface area contributed by atoms with E-state index >= 15 is 0 Å². The van der Waals surface area contributed by atoms with Crippen LogP contribution in [0, 0.1) is 11.3 Å². The van der Waals surface area contributed by atoms with E-state index in [1.165, 1.54) is 25.7 Å². The number of oxazole rings is 1. The summed E-state index contributed by atoms with van der Waals surface area (Å²) in [5.74, 6) is 1.84. The molecule has 3 fully saturated rings. The molecule has 0 radical (unpaired) electrons. The van der Waals surface area contributed by atoms with Crippen LogP contribution >= 0.6 is 0 Å². The number of rotatable bonds is 6. The van der Waals surface area contributed by atoms with Gasteiger partial charge < -0.3 is 4.42 Å². The molecule has 0 aliphatic heterocycles. The van der Waals surface area contributed by atoms with E-state index in [4.69, 9.17) is 4.42 Å². The summed E-state index contributed by atoms with van der Waals surface area (Å²) in [4.78, 5) is 3.90. The minimum Gasteiger partial charge on any atom is -0.444 e. The second kappa shape index (κ2) is 6.57. The lowest BCUT2D eigenvalue weighted by molar-refractivity contribution is 0.0858. The molecule has 3 aliphatic rings. The number of nitrogens with one attached hydrogen (secondary N) is 1. The maximum absolute atomic E-state index is 12.6. The summed E-state index contributed by atoms with van der Waals surface area (Å²) in [7, 11) is -3.26. The molecule has 0 spiro atoms. The quantitative estimate of drug-likeness (QED) is 0.852. The molecule has 5 rings (SSSR count). The van der Waals surface area contributed by atoms with Crippen molar-refractivity contribution in [2.45, 2.75) is 45.1 Å². The Bertz CT molecular complexity index is 791. The van der Waals surface area contributed by atoms with E-state index < -0.39 is 10.0 Å². The fraction of sp³-hybridized carbons (Fsp3) is 0.526. The van der Waals surface area contributed by atoms with Gasteiger partial charge in [-0.2, -0.15) is 0 Å². The predicted octanol–water partition coefficient (Wildman–Crippen LogP) is 3.73. The maximum Gasteiger partial charge on any atom is 0.212 e. The highest BCUT2D eigenvalue weighted by Crippen LogP contribution is 2.50. The van der Waals surface area contributed by atoms with Crippen molar-refractivity contribution in [2.24, 2.45) is 11.3 Å². The molecule has 3 aliphatic carbocycles. The number of sulfonamides is 1. The zero-order valence-corrected chi connectivity index (χ0v) is 15.1. The molecule has 0 amide bonds. The molecule has 3 saturated carbocycles. The standard InChI is InChI=1S/C19H24N2O3S/c22-25(23,13-19-8-5-15(6-9-19)7-10-19)21-11-16-1-3-17(4-2-16)18-12-20-14-24-18/h1-4,12,14-15,21H,5-11,13H2. The second-order valence-corrected chi connectivity index (χ2v) is 9.43. The van der Waals surface area contributed by atoms with Crippen LogP contribution < -0.4 is 4.72 Å². The van der Waals surface area contributed by atoms with Crippen LogP contribution in [0.1, 0.15) is 44.1 Å². The summed E-state index contributed by atoms with van der Waals surface area (Å²) < 4.78 is 33.2. The van der Waals surface area contributed by atoms with Crippen molar-refractivity contribution in [3.8, 4) is 11.3 Å². The van der Waals surface area contributed by atoms with Crippen molar-refractivity contribution in [2.75, 3.05) is 5.75 Å². The first-order valence-electron chi connectivity index (χ1n) is 8.99. The first-order chi connectivity index (χ1) is 12.0. The minimum absolute atomic E-state index is 0.0245. The molecule has 6 heteroatoms.